The number of fused-ring (bicyclic) bond motifs is 1. The van der Waals surface area contributed by atoms with E-state index in [0.717, 1.165) is 10.1 Å². The van der Waals surface area contributed by atoms with Crippen LogP contribution >= 0.6 is 27.3 Å². The summed E-state index contributed by atoms with van der Waals surface area (Å²) < 4.78 is 14.5. The zero-order valence-electron chi connectivity index (χ0n) is 5.97. The van der Waals surface area contributed by atoms with Gasteiger partial charge in [-0.15, -0.1) is 11.3 Å². The van der Waals surface area contributed by atoms with Crippen LogP contribution in [0.15, 0.2) is 22.7 Å². The van der Waals surface area contributed by atoms with E-state index in [1.54, 1.807) is 12.1 Å². The van der Waals surface area contributed by atoms with Gasteiger partial charge in [0, 0.05) is 4.70 Å². The molecule has 1 aromatic heterocycles. The molecular weight excluding hydrogens is 241 g/mol. The second kappa shape index (κ2) is 2.71. The number of nitrogens with two attached hydrogens (primary N) is 1. The maximum Gasteiger partial charge on any atom is 0.138 e. The quantitative estimate of drug-likeness (QED) is 0.757. The zero-order valence-corrected chi connectivity index (χ0v) is 8.38. The second-order valence-electron chi connectivity index (χ2n) is 2.45. The normalized spacial score (nSPS) is 10.8. The fourth-order valence-electron chi connectivity index (χ4n) is 1.05. The van der Waals surface area contributed by atoms with Gasteiger partial charge in [-0.05, 0) is 39.5 Å². The van der Waals surface area contributed by atoms with Gasteiger partial charge < -0.3 is 5.73 Å². The first kappa shape index (κ1) is 8.01. The molecular formula is C8H5BrFNS. The van der Waals surface area contributed by atoms with Gasteiger partial charge in [-0.25, -0.2) is 4.39 Å². The summed E-state index contributed by atoms with van der Waals surface area (Å²) in [6.45, 7) is 0. The highest BCUT2D eigenvalue weighted by atomic mass is 79.9. The molecule has 0 unspecified atom stereocenters. The number of nitrogen functional groups attached to an aromatic ring is 1. The van der Waals surface area contributed by atoms with Crippen molar-refractivity contribution in [2.24, 2.45) is 0 Å². The largest absolute Gasteiger partial charge is 0.391 e. The van der Waals surface area contributed by atoms with Crippen molar-refractivity contribution in [1.82, 2.24) is 0 Å². The lowest BCUT2D eigenvalue weighted by molar-refractivity contribution is 0.623. The van der Waals surface area contributed by atoms with Gasteiger partial charge in [0.05, 0.1) is 9.47 Å². The van der Waals surface area contributed by atoms with Gasteiger partial charge >= 0.3 is 0 Å². The third kappa shape index (κ3) is 1.21. The molecule has 2 aromatic rings. The molecule has 1 heterocycles. The Morgan fingerprint density at radius 1 is 1.33 bits per heavy atom. The third-order valence-corrected chi connectivity index (χ3v) is 3.11. The second-order valence-corrected chi connectivity index (χ2v) is 4.42. The Morgan fingerprint density at radius 2 is 2.08 bits per heavy atom. The predicted molar refractivity (Wildman–Crippen MR) is 53.9 cm³/mol. The van der Waals surface area contributed by atoms with Crippen molar-refractivity contribution in [3.63, 3.8) is 0 Å². The van der Waals surface area contributed by atoms with Crippen molar-refractivity contribution >= 4 is 42.4 Å². The predicted octanol–water partition coefficient (Wildman–Crippen LogP) is 3.39. The number of thiophene rings is 1. The van der Waals surface area contributed by atoms with E-state index in [1.807, 2.05) is 0 Å². The highest BCUT2D eigenvalue weighted by Gasteiger charge is 2.04. The standard InChI is InChI=1S/C8H5BrFNS/c9-5-3-7-4(1-6(5)10)2-8(11)12-7/h1-3H,11H2. The average Bonchev–Trinajstić information content (AvgIpc) is 2.30. The van der Waals surface area contributed by atoms with Crippen molar-refractivity contribution in [2.45, 2.75) is 0 Å². The number of hydrogen-bond donors (Lipinski definition) is 1. The minimum absolute atomic E-state index is 0.250. The highest BCUT2D eigenvalue weighted by molar-refractivity contribution is 9.10. The van der Waals surface area contributed by atoms with E-state index in [2.05, 4.69) is 15.9 Å². The summed E-state index contributed by atoms with van der Waals surface area (Å²) >= 11 is 4.57. The van der Waals surface area contributed by atoms with E-state index < -0.39 is 0 Å². The molecule has 0 aliphatic carbocycles. The Labute approximate surface area is 81.1 Å². The molecule has 0 radical (unpaired) electrons. The van der Waals surface area contributed by atoms with Gasteiger partial charge in [0.25, 0.3) is 0 Å². The minimum Gasteiger partial charge on any atom is -0.391 e. The average molecular weight is 246 g/mol. The first-order valence-corrected chi connectivity index (χ1v) is 4.92. The molecule has 0 aliphatic heterocycles. The molecule has 62 valence electrons. The molecule has 0 atom stereocenters. The van der Waals surface area contributed by atoms with E-state index in [1.165, 1.54) is 17.4 Å². The maximum absolute atomic E-state index is 13.0. The van der Waals surface area contributed by atoms with Crippen LogP contribution in [0, 0.1) is 5.82 Å². The molecule has 0 bridgehead atoms. The van der Waals surface area contributed by atoms with Crippen LogP contribution in [0.2, 0.25) is 0 Å². The summed E-state index contributed by atoms with van der Waals surface area (Å²) in [6.07, 6.45) is 0. The van der Waals surface area contributed by atoms with E-state index in [9.17, 15) is 4.39 Å². The van der Waals surface area contributed by atoms with Gasteiger partial charge in [0.15, 0.2) is 0 Å². The fourth-order valence-corrected chi connectivity index (χ4v) is 2.40. The number of rotatable bonds is 0. The summed E-state index contributed by atoms with van der Waals surface area (Å²) in [6, 6.07) is 4.99. The Morgan fingerprint density at radius 3 is 2.83 bits per heavy atom. The Bertz CT molecular complexity index is 399. The Balaban J connectivity index is 2.83. The third-order valence-electron chi connectivity index (χ3n) is 1.58. The first-order chi connectivity index (χ1) is 5.66. The molecule has 12 heavy (non-hydrogen) atoms. The molecule has 2 N–H and O–H groups in total. The van der Waals surface area contributed by atoms with E-state index >= 15 is 0 Å². The van der Waals surface area contributed by atoms with Gasteiger partial charge in [-0.1, -0.05) is 0 Å². The molecule has 0 saturated carbocycles. The van der Waals surface area contributed by atoms with Crippen molar-refractivity contribution in [1.29, 1.82) is 0 Å². The summed E-state index contributed by atoms with van der Waals surface area (Å²) in [7, 11) is 0. The summed E-state index contributed by atoms with van der Waals surface area (Å²) in [5.41, 5.74) is 5.57. The van der Waals surface area contributed by atoms with Gasteiger partial charge in [-0.2, -0.15) is 0 Å². The van der Waals surface area contributed by atoms with Crippen molar-refractivity contribution in [3.8, 4) is 0 Å². The molecule has 0 spiro atoms. The van der Waals surface area contributed by atoms with Gasteiger partial charge in [0.1, 0.15) is 5.82 Å². The number of anilines is 1. The van der Waals surface area contributed by atoms with Crippen LogP contribution in [0.3, 0.4) is 0 Å². The zero-order chi connectivity index (χ0) is 8.72. The lowest BCUT2D eigenvalue weighted by Gasteiger charge is -1.92. The van der Waals surface area contributed by atoms with Crippen LogP contribution in [0.5, 0.6) is 0 Å². The summed E-state index contributed by atoms with van der Waals surface area (Å²) in [5.74, 6) is -0.250. The lowest BCUT2D eigenvalue weighted by atomic mass is 10.2. The molecule has 1 nitrogen and oxygen atoms in total. The fraction of sp³-hybridized carbons (Fsp3) is 0. The number of hydrogen-bond acceptors (Lipinski definition) is 2. The van der Waals surface area contributed by atoms with Gasteiger partial charge in [-0.3, -0.25) is 0 Å². The van der Waals surface area contributed by atoms with Crippen LogP contribution in [0.4, 0.5) is 9.39 Å². The number of halogens is 2. The maximum atomic E-state index is 13.0. The topological polar surface area (TPSA) is 26.0 Å². The molecule has 0 aliphatic rings. The Hall–Kier alpha value is -0.610. The first-order valence-electron chi connectivity index (χ1n) is 3.31. The lowest BCUT2D eigenvalue weighted by Crippen LogP contribution is -1.74. The SMILES string of the molecule is Nc1cc2cc(F)c(Br)cc2s1. The molecule has 0 fully saturated rings. The Kier molecular flexibility index (Phi) is 1.81. The molecule has 2 rings (SSSR count). The van der Waals surface area contributed by atoms with E-state index in [4.69, 9.17) is 5.73 Å². The monoisotopic (exact) mass is 245 g/mol. The van der Waals surface area contributed by atoms with Crippen molar-refractivity contribution in [3.05, 3.63) is 28.5 Å². The van der Waals surface area contributed by atoms with E-state index in [-0.39, 0.29) is 5.82 Å². The molecule has 4 heteroatoms. The molecule has 0 amide bonds. The molecule has 0 saturated heterocycles. The van der Waals surface area contributed by atoms with Crippen LogP contribution in [-0.2, 0) is 0 Å². The summed E-state index contributed by atoms with van der Waals surface area (Å²) in [4.78, 5) is 0. The van der Waals surface area contributed by atoms with Gasteiger partial charge in [0.2, 0.25) is 0 Å². The van der Waals surface area contributed by atoms with Crippen LogP contribution in [-0.4, -0.2) is 0 Å². The highest BCUT2D eigenvalue weighted by Crippen LogP contribution is 2.31. The van der Waals surface area contributed by atoms with Crippen LogP contribution in [0.1, 0.15) is 0 Å². The minimum atomic E-state index is -0.250. The molecule has 1 aromatic carbocycles. The van der Waals surface area contributed by atoms with Crippen molar-refractivity contribution < 1.29 is 4.39 Å². The van der Waals surface area contributed by atoms with Crippen LogP contribution in [0.25, 0.3) is 10.1 Å². The van der Waals surface area contributed by atoms with E-state index in [0.29, 0.717) is 9.47 Å². The summed E-state index contributed by atoms with van der Waals surface area (Å²) in [5, 5.41) is 1.57. The smallest absolute Gasteiger partial charge is 0.138 e. The number of benzene rings is 1. The van der Waals surface area contributed by atoms with Crippen LogP contribution < -0.4 is 5.73 Å². The van der Waals surface area contributed by atoms with Crippen molar-refractivity contribution in [2.75, 3.05) is 5.73 Å².